The van der Waals surface area contributed by atoms with Gasteiger partial charge in [0.2, 0.25) is 0 Å². The predicted octanol–water partition coefficient (Wildman–Crippen LogP) is 4.32. The Kier molecular flexibility index (Phi) is 6.31. The Labute approximate surface area is 147 Å². The molecule has 5 nitrogen and oxygen atoms in total. The highest BCUT2D eigenvalue weighted by Gasteiger charge is 2.33. The lowest BCUT2D eigenvalue weighted by atomic mass is 10.1. The van der Waals surface area contributed by atoms with Crippen molar-refractivity contribution in [3.8, 4) is 11.5 Å². The number of nitrogens with zero attached hydrogens (tertiary/aromatic N) is 1. The molecule has 0 aromatic heterocycles. The lowest BCUT2D eigenvalue weighted by Crippen LogP contribution is -2.27. The minimum absolute atomic E-state index is 0.0936. The van der Waals surface area contributed by atoms with Crippen LogP contribution in [0.25, 0.3) is 6.08 Å². The molecule has 0 unspecified atom stereocenters. The van der Waals surface area contributed by atoms with E-state index in [4.69, 9.17) is 9.47 Å². The standard InChI is InChI=1S/C18H23NO4S/c1-5-12(4)23-14-9-8-13(10-15(14)22-7-3)11-16-17(20)19(6-2)18(21)24-16/h8-12H,5-7H2,1-4H3/b16-11+/t12-/m1/s1. The third-order valence-corrected chi connectivity index (χ3v) is 4.57. The summed E-state index contributed by atoms with van der Waals surface area (Å²) < 4.78 is 11.5. The zero-order chi connectivity index (χ0) is 17.7. The summed E-state index contributed by atoms with van der Waals surface area (Å²) in [6, 6.07) is 5.54. The first-order chi connectivity index (χ1) is 11.5. The molecular formula is C18H23NO4S. The van der Waals surface area contributed by atoms with Gasteiger partial charge in [0.05, 0.1) is 17.6 Å². The quantitative estimate of drug-likeness (QED) is 0.686. The van der Waals surface area contributed by atoms with Crippen molar-refractivity contribution in [2.75, 3.05) is 13.2 Å². The van der Waals surface area contributed by atoms with Crippen LogP contribution in [0.5, 0.6) is 11.5 Å². The molecule has 0 bridgehead atoms. The normalized spacial score (nSPS) is 17.5. The number of likely N-dealkylation sites (N-methyl/N-ethyl adjacent to an activating group) is 1. The van der Waals surface area contributed by atoms with Crippen LogP contribution < -0.4 is 9.47 Å². The van der Waals surface area contributed by atoms with Crippen molar-refractivity contribution >= 4 is 29.0 Å². The molecule has 1 aliphatic heterocycles. The number of thioether (sulfide) groups is 1. The Hall–Kier alpha value is -1.95. The fourth-order valence-electron chi connectivity index (χ4n) is 2.20. The maximum Gasteiger partial charge on any atom is 0.293 e. The molecule has 24 heavy (non-hydrogen) atoms. The zero-order valence-electron chi connectivity index (χ0n) is 14.5. The third kappa shape index (κ3) is 4.12. The van der Waals surface area contributed by atoms with E-state index in [1.54, 1.807) is 13.0 Å². The molecule has 2 amide bonds. The fourth-order valence-corrected chi connectivity index (χ4v) is 3.11. The van der Waals surface area contributed by atoms with Crippen molar-refractivity contribution in [1.29, 1.82) is 0 Å². The number of amides is 2. The van der Waals surface area contributed by atoms with E-state index < -0.39 is 0 Å². The van der Waals surface area contributed by atoms with Crippen molar-refractivity contribution in [3.05, 3.63) is 28.7 Å². The van der Waals surface area contributed by atoms with Crippen LogP contribution in [0.1, 0.15) is 39.7 Å². The second-order valence-electron chi connectivity index (χ2n) is 5.40. The highest BCUT2D eigenvalue weighted by molar-refractivity contribution is 8.18. The number of carbonyl (C=O) groups excluding carboxylic acids is 2. The maximum atomic E-state index is 12.2. The summed E-state index contributed by atoms with van der Waals surface area (Å²) in [6.07, 6.45) is 2.71. The minimum atomic E-state index is -0.245. The third-order valence-electron chi connectivity index (χ3n) is 3.66. The van der Waals surface area contributed by atoms with Crippen LogP contribution in [-0.4, -0.2) is 35.3 Å². The van der Waals surface area contributed by atoms with Crippen LogP contribution in [0.15, 0.2) is 23.1 Å². The summed E-state index contributed by atoms with van der Waals surface area (Å²) in [7, 11) is 0. The number of hydrogen-bond donors (Lipinski definition) is 0. The molecule has 130 valence electrons. The van der Waals surface area contributed by atoms with Crippen LogP contribution in [0.2, 0.25) is 0 Å². The van der Waals surface area contributed by atoms with Gasteiger partial charge in [-0.05, 0) is 62.7 Å². The summed E-state index contributed by atoms with van der Waals surface area (Å²) in [4.78, 5) is 25.6. The highest BCUT2D eigenvalue weighted by atomic mass is 32.2. The van der Waals surface area contributed by atoms with Crippen molar-refractivity contribution in [1.82, 2.24) is 4.90 Å². The maximum absolute atomic E-state index is 12.2. The molecule has 1 aliphatic rings. The van der Waals surface area contributed by atoms with Gasteiger partial charge in [0.1, 0.15) is 0 Å². The SMILES string of the molecule is CCOc1cc(/C=C2/SC(=O)N(CC)C2=O)ccc1O[C@H](C)CC. The number of ether oxygens (including phenoxy) is 2. The van der Waals surface area contributed by atoms with E-state index in [0.29, 0.717) is 29.6 Å². The van der Waals surface area contributed by atoms with Crippen molar-refractivity contribution in [2.24, 2.45) is 0 Å². The van der Waals surface area contributed by atoms with E-state index in [-0.39, 0.29) is 17.3 Å². The summed E-state index contributed by atoms with van der Waals surface area (Å²) in [6.45, 7) is 8.66. The van der Waals surface area contributed by atoms with E-state index in [9.17, 15) is 9.59 Å². The Morgan fingerprint density at radius 3 is 2.54 bits per heavy atom. The van der Waals surface area contributed by atoms with E-state index in [1.807, 2.05) is 32.0 Å². The molecule has 1 heterocycles. The second kappa shape index (κ2) is 8.24. The summed E-state index contributed by atoms with van der Waals surface area (Å²) in [5.74, 6) is 1.08. The first kappa shape index (κ1) is 18.4. The van der Waals surface area contributed by atoms with Crippen LogP contribution in [0.3, 0.4) is 0 Å². The zero-order valence-corrected chi connectivity index (χ0v) is 15.3. The number of rotatable bonds is 7. The Morgan fingerprint density at radius 1 is 1.21 bits per heavy atom. The van der Waals surface area contributed by atoms with E-state index in [2.05, 4.69) is 6.92 Å². The number of carbonyl (C=O) groups is 2. The Balaban J connectivity index is 2.28. The lowest BCUT2D eigenvalue weighted by Gasteiger charge is -2.16. The molecule has 0 saturated carbocycles. The second-order valence-corrected chi connectivity index (χ2v) is 6.40. The first-order valence-corrected chi connectivity index (χ1v) is 9.00. The largest absolute Gasteiger partial charge is 0.490 e. The molecule has 0 N–H and O–H groups in total. The molecule has 2 rings (SSSR count). The van der Waals surface area contributed by atoms with Crippen LogP contribution in [0.4, 0.5) is 4.79 Å². The van der Waals surface area contributed by atoms with Crippen LogP contribution >= 0.6 is 11.8 Å². The van der Waals surface area contributed by atoms with Gasteiger partial charge in [-0.25, -0.2) is 0 Å². The van der Waals surface area contributed by atoms with Crippen molar-refractivity contribution in [2.45, 2.75) is 40.2 Å². The predicted molar refractivity (Wildman–Crippen MR) is 96.3 cm³/mol. The van der Waals surface area contributed by atoms with Gasteiger partial charge in [-0.2, -0.15) is 0 Å². The molecule has 0 radical (unpaired) electrons. The molecule has 1 saturated heterocycles. The molecule has 1 fully saturated rings. The topological polar surface area (TPSA) is 55.8 Å². The smallest absolute Gasteiger partial charge is 0.293 e. The minimum Gasteiger partial charge on any atom is -0.490 e. The molecule has 1 atom stereocenters. The Bertz CT molecular complexity index is 656. The van der Waals surface area contributed by atoms with Gasteiger partial charge in [-0.15, -0.1) is 0 Å². The molecule has 0 spiro atoms. The molecule has 1 aromatic rings. The Morgan fingerprint density at radius 2 is 1.96 bits per heavy atom. The van der Waals surface area contributed by atoms with Gasteiger partial charge in [0, 0.05) is 6.54 Å². The molecular weight excluding hydrogens is 326 g/mol. The van der Waals surface area contributed by atoms with Gasteiger partial charge >= 0.3 is 0 Å². The number of imide groups is 1. The fraction of sp³-hybridized carbons (Fsp3) is 0.444. The molecule has 0 aliphatic carbocycles. The first-order valence-electron chi connectivity index (χ1n) is 8.18. The average molecular weight is 349 g/mol. The number of hydrogen-bond acceptors (Lipinski definition) is 5. The molecule has 1 aromatic carbocycles. The van der Waals surface area contributed by atoms with Gasteiger partial charge in [-0.3, -0.25) is 14.5 Å². The van der Waals surface area contributed by atoms with Crippen LogP contribution in [0, 0.1) is 0 Å². The van der Waals surface area contributed by atoms with E-state index in [0.717, 1.165) is 23.7 Å². The summed E-state index contributed by atoms with van der Waals surface area (Å²) in [5, 5.41) is -0.226. The lowest BCUT2D eigenvalue weighted by molar-refractivity contribution is -0.122. The highest BCUT2D eigenvalue weighted by Crippen LogP contribution is 2.34. The number of benzene rings is 1. The summed E-state index contributed by atoms with van der Waals surface area (Å²) in [5.41, 5.74) is 0.802. The summed E-state index contributed by atoms with van der Waals surface area (Å²) >= 11 is 0.965. The average Bonchev–Trinajstić information content (AvgIpc) is 2.83. The van der Waals surface area contributed by atoms with Crippen LogP contribution in [-0.2, 0) is 4.79 Å². The van der Waals surface area contributed by atoms with Gasteiger partial charge in [0.25, 0.3) is 11.1 Å². The molecule has 6 heteroatoms. The monoisotopic (exact) mass is 349 g/mol. The van der Waals surface area contributed by atoms with E-state index >= 15 is 0 Å². The van der Waals surface area contributed by atoms with E-state index in [1.165, 1.54) is 4.90 Å². The van der Waals surface area contributed by atoms with Gasteiger partial charge in [-0.1, -0.05) is 13.0 Å². The van der Waals surface area contributed by atoms with Crippen molar-refractivity contribution in [3.63, 3.8) is 0 Å². The van der Waals surface area contributed by atoms with Gasteiger partial charge < -0.3 is 9.47 Å². The van der Waals surface area contributed by atoms with Crippen molar-refractivity contribution < 1.29 is 19.1 Å². The van der Waals surface area contributed by atoms with Gasteiger partial charge in [0.15, 0.2) is 11.5 Å².